The Bertz CT molecular complexity index is 720. The van der Waals surface area contributed by atoms with Crippen LogP contribution in [-0.4, -0.2) is 84.0 Å². The van der Waals surface area contributed by atoms with Gasteiger partial charge >= 0.3 is 184 Å². The van der Waals surface area contributed by atoms with Crippen LogP contribution >= 0.6 is 7.82 Å². The first-order valence-corrected chi connectivity index (χ1v) is 12.0. The zero-order chi connectivity index (χ0) is 18.1. The van der Waals surface area contributed by atoms with Gasteiger partial charge in [-0.2, -0.15) is 0 Å². The summed E-state index contributed by atoms with van der Waals surface area (Å²) in [5.41, 5.74) is 1.90. The van der Waals surface area contributed by atoms with Gasteiger partial charge in [0.15, 0.2) is 0 Å². The van der Waals surface area contributed by atoms with E-state index < -0.39 is 13.4 Å². The van der Waals surface area contributed by atoms with Crippen LogP contribution in [0, 0.1) is 0 Å². The molecule has 1 fully saturated rings. The summed E-state index contributed by atoms with van der Waals surface area (Å²) in [6.07, 6.45) is 0. The van der Waals surface area contributed by atoms with Crippen molar-refractivity contribution < 1.29 is 18.9 Å². The van der Waals surface area contributed by atoms with Gasteiger partial charge in [-0.15, -0.1) is 0 Å². The minimum atomic E-state index is -4.50. The standard InChI is InChI=1S/C16H17N2O4P.2Na/c19-23(20,21)22-13-18-11-16(17-12-18,14-7-3-1-4-8-14)15-9-5-2-6-10-15;;/h1-12,17H,13H2,(H2,19,20,21);;. The zero-order valence-corrected chi connectivity index (χ0v) is 19.1. The van der Waals surface area contributed by atoms with Crippen LogP contribution in [0.5, 0.6) is 0 Å². The molecular weight excluding hydrogens is 361 g/mol. The van der Waals surface area contributed by atoms with Crippen LogP contribution < -0.4 is 5.32 Å². The van der Waals surface area contributed by atoms with Gasteiger partial charge in [0.2, 0.25) is 0 Å². The maximum absolute atomic E-state index is 11.2. The van der Waals surface area contributed by atoms with Crippen molar-refractivity contribution in [2.45, 2.75) is 12.2 Å². The Hall–Kier alpha value is 0.470. The van der Waals surface area contributed by atoms with E-state index in [9.17, 15) is 4.57 Å². The van der Waals surface area contributed by atoms with Gasteiger partial charge in [0.05, 0.1) is 0 Å². The van der Waals surface area contributed by atoms with E-state index in [-0.39, 0.29) is 13.4 Å². The van der Waals surface area contributed by atoms with Gasteiger partial charge in [-0.05, 0) is 0 Å². The molecule has 122 valence electrons. The monoisotopic (exact) mass is 378 g/mol. The molecule has 2 aromatic rings. The molecule has 0 bridgehead atoms. The van der Waals surface area contributed by atoms with E-state index >= 15 is 0 Å². The predicted octanol–water partition coefficient (Wildman–Crippen LogP) is 0.849. The van der Waals surface area contributed by atoms with Crippen molar-refractivity contribution in [1.29, 1.82) is 0 Å². The van der Waals surface area contributed by atoms with E-state index in [1.165, 1.54) is 0 Å². The average molecular weight is 378 g/mol. The molecule has 25 heavy (non-hydrogen) atoms. The molecule has 1 saturated heterocycles. The van der Waals surface area contributed by atoms with E-state index in [4.69, 9.17) is 14.3 Å². The van der Waals surface area contributed by atoms with Crippen LogP contribution in [0.2, 0.25) is 0 Å². The van der Waals surface area contributed by atoms with E-state index in [0.717, 1.165) is 67.0 Å². The molecular formula is C16H17N2Na2O4P. The molecule has 0 radical (unpaired) electrons. The molecule has 1 aliphatic heterocycles. The number of benzene rings is 2. The first kappa shape index (κ1) is 20.2. The van der Waals surface area contributed by atoms with Crippen LogP contribution in [0.15, 0.2) is 60.7 Å². The second-order valence-corrected chi connectivity index (χ2v) is 9.73. The number of rotatable bonds is 5. The van der Waals surface area contributed by atoms with E-state index in [2.05, 4.69) is 29.6 Å². The van der Waals surface area contributed by atoms with Crippen molar-refractivity contribution in [3.05, 3.63) is 71.8 Å². The van der Waals surface area contributed by atoms with Crippen molar-refractivity contribution in [1.82, 2.24) is 10.2 Å². The number of nitrogens with one attached hydrogen (secondary N) is 1. The fraction of sp³-hybridized carbons (Fsp3) is 0.250. The summed E-state index contributed by atoms with van der Waals surface area (Å²) in [4.78, 5) is 20.2. The summed E-state index contributed by atoms with van der Waals surface area (Å²) < 4.78 is 16.1. The van der Waals surface area contributed by atoms with Crippen LogP contribution in [0.3, 0.4) is 0 Å². The number of phosphoric acid groups is 1. The molecule has 6 nitrogen and oxygen atoms in total. The number of hydrogen-bond donors (Lipinski definition) is 3. The Kier molecular flexibility index (Phi) is 6.65. The molecule has 0 spiro atoms. The van der Waals surface area contributed by atoms with Gasteiger partial charge in [-0.1, -0.05) is 0 Å². The van der Waals surface area contributed by atoms with Gasteiger partial charge < -0.3 is 0 Å². The van der Waals surface area contributed by atoms with E-state index in [1.807, 2.05) is 41.3 Å². The molecule has 0 aromatic heterocycles. The summed E-state index contributed by atoms with van der Waals surface area (Å²) in [5.74, 6) is 0. The molecule has 9 heteroatoms. The van der Waals surface area contributed by atoms with Crippen molar-refractivity contribution in [2.24, 2.45) is 0 Å². The Labute approximate surface area is 182 Å². The van der Waals surface area contributed by atoms with Crippen molar-refractivity contribution >= 4 is 63.7 Å². The zero-order valence-electron chi connectivity index (χ0n) is 14.2. The van der Waals surface area contributed by atoms with E-state index in [1.54, 1.807) is 0 Å². The fourth-order valence-electron chi connectivity index (χ4n) is 3.70. The number of phosphoric ester groups is 1. The summed E-state index contributed by atoms with van der Waals surface area (Å²) in [7, 11) is -4.50. The third-order valence-electron chi connectivity index (χ3n) is 4.89. The number of nitrogens with zero attached hydrogens (tertiary/aromatic N) is 1. The average Bonchev–Trinajstić information content (AvgIpc) is 2.85. The molecule has 2 unspecified atom stereocenters. The molecule has 3 rings (SSSR count). The minimum absolute atomic E-state index is 0.0504. The Morgan fingerprint density at radius 3 is 1.96 bits per heavy atom. The molecule has 1 aliphatic rings. The first-order chi connectivity index (χ1) is 11.8. The molecule has 1 heterocycles. The first-order valence-electron chi connectivity index (χ1n) is 8.19. The predicted molar refractivity (Wildman–Crippen MR) is 95.7 cm³/mol. The Morgan fingerprint density at radius 1 is 1.04 bits per heavy atom. The molecule has 0 aliphatic carbocycles. The second kappa shape index (κ2) is 8.23. The molecule has 0 amide bonds. The summed E-state index contributed by atoms with van der Waals surface area (Å²) in [5, 5.41) is 3.73. The quantitative estimate of drug-likeness (QED) is 0.529. The third-order valence-corrected chi connectivity index (χ3v) is 7.82. The van der Waals surface area contributed by atoms with Crippen molar-refractivity contribution in [2.75, 3.05) is 6.73 Å². The summed E-state index contributed by atoms with van der Waals surface area (Å²) in [6, 6.07) is 20.5. The van der Waals surface area contributed by atoms with Crippen LogP contribution in [-0.2, 0) is 14.6 Å². The summed E-state index contributed by atoms with van der Waals surface area (Å²) in [6.45, 7) is -0.0823. The molecule has 0 saturated carbocycles. The maximum atomic E-state index is 11.2. The van der Waals surface area contributed by atoms with Crippen LogP contribution in [0.1, 0.15) is 11.1 Å². The fourth-order valence-corrected chi connectivity index (χ4v) is 7.06. The Morgan fingerprint density at radius 2 is 1.52 bits per heavy atom. The second-order valence-electron chi connectivity index (χ2n) is 6.30. The van der Waals surface area contributed by atoms with Gasteiger partial charge in [-0.3, -0.25) is 0 Å². The van der Waals surface area contributed by atoms with Crippen LogP contribution in [0.4, 0.5) is 0 Å². The van der Waals surface area contributed by atoms with Crippen LogP contribution in [0.25, 0.3) is 0 Å². The molecule has 3 N–H and O–H groups in total. The SMILES string of the molecule is O=P(O)(O)OCN1[CH]([Na])NC(c2ccccc2)(c2ccccc2)[CH]1[Na]. The van der Waals surface area contributed by atoms with Crippen molar-refractivity contribution in [3.63, 3.8) is 0 Å². The van der Waals surface area contributed by atoms with E-state index in [0.29, 0.717) is 0 Å². The molecule has 2 aromatic carbocycles. The van der Waals surface area contributed by atoms with Gasteiger partial charge in [0, 0.05) is 0 Å². The normalized spacial score (nSPS) is 23.8. The molecule has 2 atom stereocenters. The van der Waals surface area contributed by atoms with Crippen molar-refractivity contribution in [3.8, 4) is 0 Å². The third kappa shape index (κ3) is 4.32. The summed E-state index contributed by atoms with van der Waals surface area (Å²) >= 11 is 1.61. The van der Waals surface area contributed by atoms with Gasteiger partial charge in [0.25, 0.3) is 0 Å². The topological polar surface area (TPSA) is 82.0 Å². The van der Waals surface area contributed by atoms with Gasteiger partial charge in [0.1, 0.15) is 0 Å². The van der Waals surface area contributed by atoms with Gasteiger partial charge in [-0.25, -0.2) is 0 Å². The number of hydrogen-bond acceptors (Lipinski definition) is 4. The Balaban J connectivity index is 2.03.